The summed E-state index contributed by atoms with van der Waals surface area (Å²) in [6.45, 7) is 2.50. The zero-order chi connectivity index (χ0) is 17.1. The van der Waals surface area contributed by atoms with E-state index in [0.29, 0.717) is 25.8 Å². The average Bonchev–Trinajstić information content (AvgIpc) is 3.00. The minimum absolute atomic E-state index is 0.0347. The number of nitrogens with zero attached hydrogens (tertiary/aromatic N) is 2. The molecule has 3 rings (SSSR count). The largest absolute Gasteiger partial charge is 0.481 e. The van der Waals surface area contributed by atoms with Crippen molar-refractivity contribution in [1.82, 2.24) is 9.88 Å². The molecule has 1 aliphatic heterocycles. The van der Waals surface area contributed by atoms with Crippen molar-refractivity contribution in [3.63, 3.8) is 0 Å². The zero-order valence-corrected chi connectivity index (χ0v) is 14.3. The van der Waals surface area contributed by atoms with Crippen LogP contribution in [0.3, 0.4) is 0 Å². The molecule has 0 spiro atoms. The molecule has 0 aromatic carbocycles. The molecular formula is C18H20N2O3S. The minimum Gasteiger partial charge on any atom is -0.481 e. The van der Waals surface area contributed by atoms with Crippen molar-refractivity contribution in [2.24, 2.45) is 5.92 Å². The zero-order valence-electron chi connectivity index (χ0n) is 13.5. The van der Waals surface area contributed by atoms with Crippen LogP contribution in [-0.2, 0) is 16.0 Å². The SMILES string of the molecule is Cc1ccc([C@@H]2[C@@H](C(=O)O)CCC(=O)N2CCc2cccnc2)s1. The minimum atomic E-state index is -0.829. The van der Waals surface area contributed by atoms with Gasteiger partial charge in [-0.05, 0) is 43.5 Å². The summed E-state index contributed by atoms with van der Waals surface area (Å²) in [4.78, 5) is 32.2. The van der Waals surface area contributed by atoms with E-state index in [1.807, 2.05) is 31.2 Å². The molecule has 5 nitrogen and oxygen atoms in total. The molecule has 0 radical (unpaired) electrons. The fraction of sp³-hybridized carbons (Fsp3) is 0.389. The van der Waals surface area contributed by atoms with Crippen molar-refractivity contribution in [2.75, 3.05) is 6.54 Å². The van der Waals surface area contributed by atoms with Crippen molar-refractivity contribution in [1.29, 1.82) is 0 Å². The average molecular weight is 344 g/mol. The Hall–Kier alpha value is -2.21. The topological polar surface area (TPSA) is 70.5 Å². The molecule has 2 atom stereocenters. The summed E-state index contributed by atoms with van der Waals surface area (Å²) in [6.07, 6.45) is 4.87. The van der Waals surface area contributed by atoms with E-state index in [4.69, 9.17) is 0 Å². The fourth-order valence-electron chi connectivity index (χ4n) is 3.23. The molecule has 2 aromatic rings. The van der Waals surface area contributed by atoms with Crippen molar-refractivity contribution in [3.05, 3.63) is 52.0 Å². The lowest BCUT2D eigenvalue weighted by molar-refractivity contribution is -0.151. The van der Waals surface area contributed by atoms with Gasteiger partial charge < -0.3 is 10.0 Å². The number of amides is 1. The molecule has 1 aliphatic rings. The van der Waals surface area contributed by atoms with Crippen LogP contribution in [0.4, 0.5) is 0 Å². The summed E-state index contributed by atoms with van der Waals surface area (Å²) in [6, 6.07) is 7.40. The van der Waals surface area contributed by atoms with E-state index in [9.17, 15) is 14.7 Å². The number of carbonyl (C=O) groups excluding carboxylic acids is 1. The van der Waals surface area contributed by atoms with Crippen LogP contribution in [0.5, 0.6) is 0 Å². The van der Waals surface area contributed by atoms with Crippen LogP contribution in [-0.4, -0.2) is 33.4 Å². The highest BCUT2D eigenvalue weighted by molar-refractivity contribution is 7.12. The number of carboxylic acid groups (broad SMARTS) is 1. The normalized spacial score (nSPS) is 21.0. The lowest BCUT2D eigenvalue weighted by atomic mass is 9.87. The first-order chi connectivity index (χ1) is 11.6. The standard InChI is InChI=1S/C18H20N2O3S/c1-12-4-6-15(24-12)17-14(18(22)23)5-7-16(21)20(17)10-8-13-3-2-9-19-11-13/h2-4,6,9,11,14,17H,5,7-8,10H2,1H3,(H,22,23)/t14-,17-/m0/s1. The first-order valence-corrected chi connectivity index (χ1v) is 8.85. The van der Waals surface area contributed by atoms with E-state index in [1.54, 1.807) is 28.6 Å². The van der Waals surface area contributed by atoms with E-state index in [2.05, 4.69) is 4.98 Å². The Morgan fingerprint density at radius 1 is 1.42 bits per heavy atom. The van der Waals surface area contributed by atoms with Gasteiger partial charge in [-0.25, -0.2) is 0 Å². The third-order valence-electron chi connectivity index (χ3n) is 4.44. The highest BCUT2D eigenvalue weighted by Crippen LogP contribution is 2.39. The van der Waals surface area contributed by atoms with Gasteiger partial charge in [-0.1, -0.05) is 6.07 Å². The second-order valence-electron chi connectivity index (χ2n) is 6.08. The third kappa shape index (κ3) is 3.48. The van der Waals surface area contributed by atoms with Crippen molar-refractivity contribution in [2.45, 2.75) is 32.2 Å². The van der Waals surface area contributed by atoms with Crippen LogP contribution in [0.25, 0.3) is 0 Å². The van der Waals surface area contributed by atoms with Gasteiger partial charge >= 0.3 is 5.97 Å². The molecule has 2 aromatic heterocycles. The summed E-state index contributed by atoms with van der Waals surface area (Å²) >= 11 is 1.57. The Morgan fingerprint density at radius 3 is 2.88 bits per heavy atom. The number of carboxylic acids is 1. The number of piperidine rings is 1. The molecule has 0 bridgehead atoms. The van der Waals surface area contributed by atoms with Crippen molar-refractivity contribution >= 4 is 23.2 Å². The molecule has 0 unspecified atom stereocenters. The highest BCUT2D eigenvalue weighted by Gasteiger charge is 2.41. The number of aryl methyl sites for hydroxylation is 1. The van der Waals surface area contributed by atoms with E-state index in [-0.39, 0.29) is 11.9 Å². The number of thiophene rings is 1. The molecule has 1 saturated heterocycles. The Morgan fingerprint density at radius 2 is 2.25 bits per heavy atom. The van der Waals surface area contributed by atoms with E-state index in [0.717, 1.165) is 15.3 Å². The van der Waals surface area contributed by atoms with Gasteiger partial charge in [-0.15, -0.1) is 11.3 Å². The molecule has 0 saturated carbocycles. The Labute approximate surface area is 145 Å². The monoisotopic (exact) mass is 344 g/mol. The molecule has 3 heterocycles. The predicted molar refractivity (Wildman–Crippen MR) is 91.8 cm³/mol. The van der Waals surface area contributed by atoms with Gasteiger partial charge in [0, 0.05) is 35.1 Å². The fourth-order valence-corrected chi connectivity index (χ4v) is 4.29. The maximum Gasteiger partial charge on any atom is 0.308 e. The summed E-state index contributed by atoms with van der Waals surface area (Å²) in [5.74, 6) is -1.34. The number of hydrogen-bond donors (Lipinski definition) is 1. The molecule has 0 aliphatic carbocycles. The maximum atomic E-state index is 12.5. The lowest BCUT2D eigenvalue weighted by Gasteiger charge is -2.39. The number of hydrogen-bond acceptors (Lipinski definition) is 4. The first-order valence-electron chi connectivity index (χ1n) is 8.04. The van der Waals surface area contributed by atoms with Crippen molar-refractivity contribution < 1.29 is 14.7 Å². The van der Waals surface area contributed by atoms with E-state index >= 15 is 0 Å². The van der Waals surface area contributed by atoms with Crippen molar-refractivity contribution in [3.8, 4) is 0 Å². The van der Waals surface area contributed by atoms with Crippen LogP contribution in [0.1, 0.15) is 34.2 Å². The van der Waals surface area contributed by atoms with Gasteiger partial charge in [-0.2, -0.15) is 0 Å². The Balaban J connectivity index is 1.86. The molecule has 24 heavy (non-hydrogen) atoms. The second-order valence-corrected chi connectivity index (χ2v) is 7.39. The van der Waals surface area contributed by atoms with Crippen LogP contribution >= 0.6 is 11.3 Å². The van der Waals surface area contributed by atoms with Gasteiger partial charge in [0.25, 0.3) is 0 Å². The summed E-state index contributed by atoms with van der Waals surface area (Å²) in [7, 11) is 0. The van der Waals surface area contributed by atoms with Crippen LogP contribution < -0.4 is 0 Å². The molecule has 6 heteroatoms. The van der Waals surface area contributed by atoms with E-state index < -0.39 is 11.9 Å². The number of rotatable bonds is 5. The predicted octanol–water partition coefficient (Wildman–Crippen LogP) is 3.06. The Bertz CT molecular complexity index is 729. The summed E-state index contributed by atoms with van der Waals surface area (Å²) in [5, 5.41) is 9.62. The number of likely N-dealkylation sites (tertiary alicyclic amines) is 1. The van der Waals surface area contributed by atoms with Gasteiger partial charge in [0.05, 0.1) is 12.0 Å². The lowest BCUT2D eigenvalue weighted by Crippen LogP contribution is -2.45. The van der Waals surface area contributed by atoms with Crippen LogP contribution in [0.15, 0.2) is 36.7 Å². The first kappa shape index (κ1) is 16.6. The number of aromatic nitrogens is 1. The molecule has 1 N–H and O–H groups in total. The van der Waals surface area contributed by atoms with Gasteiger partial charge in [-0.3, -0.25) is 14.6 Å². The molecule has 1 fully saturated rings. The number of pyridine rings is 1. The maximum absolute atomic E-state index is 12.5. The van der Waals surface area contributed by atoms with Crippen LogP contribution in [0.2, 0.25) is 0 Å². The smallest absolute Gasteiger partial charge is 0.308 e. The number of carbonyl (C=O) groups is 2. The summed E-state index contributed by atoms with van der Waals surface area (Å²) in [5.41, 5.74) is 1.05. The van der Waals surface area contributed by atoms with Crippen LogP contribution in [0, 0.1) is 12.8 Å². The molecule has 1 amide bonds. The highest BCUT2D eigenvalue weighted by atomic mass is 32.1. The quantitative estimate of drug-likeness (QED) is 0.905. The second kappa shape index (κ2) is 7.13. The Kier molecular flexibility index (Phi) is 4.94. The molecule has 126 valence electrons. The van der Waals surface area contributed by atoms with Gasteiger partial charge in [0.1, 0.15) is 0 Å². The molecular weight excluding hydrogens is 324 g/mol. The third-order valence-corrected chi connectivity index (χ3v) is 5.51. The van der Waals surface area contributed by atoms with E-state index in [1.165, 1.54) is 0 Å². The van der Waals surface area contributed by atoms with Gasteiger partial charge in [0.2, 0.25) is 5.91 Å². The number of aliphatic carboxylic acids is 1. The van der Waals surface area contributed by atoms with Gasteiger partial charge in [0.15, 0.2) is 0 Å². The summed E-state index contributed by atoms with van der Waals surface area (Å²) < 4.78 is 0.